The van der Waals surface area contributed by atoms with Crippen molar-refractivity contribution in [1.82, 2.24) is 9.88 Å². The van der Waals surface area contributed by atoms with E-state index in [4.69, 9.17) is 9.47 Å². The molecule has 1 aliphatic rings. The molecule has 5 nitrogen and oxygen atoms in total. The van der Waals surface area contributed by atoms with Crippen LogP contribution in [-0.4, -0.2) is 36.6 Å². The van der Waals surface area contributed by atoms with Gasteiger partial charge in [-0.1, -0.05) is 0 Å². The number of aromatic nitrogens is 1. The van der Waals surface area contributed by atoms with Gasteiger partial charge in [0.1, 0.15) is 21.4 Å². The number of carbonyl (C=O) groups excluding carboxylic acids is 1. The second-order valence-electron chi connectivity index (χ2n) is 6.71. The summed E-state index contributed by atoms with van der Waals surface area (Å²) in [6, 6.07) is 7.78. The number of benzene rings is 1. The fourth-order valence-corrected chi connectivity index (χ4v) is 5.40. The first-order valence-corrected chi connectivity index (χ1v) is 10.9. The number of thiophene rings is 1. The molecule has 3 heterocycles. The molecule has 28 heavy (non-hydrogen) atoms. The largest absolute Gasteiger partial charge is 0.497 e. The van der Waals surface area contributed by atoms with Crippen molar-refractivity contribution in [3.63, 3.8) is 0 Å². The number of thiazole rings is 1. The smallest absolute Gasteiger partial charge is 0.266 e. The third-order valence-electron chi connectivity index (χ3n) is 5.07. The first-order valence-electron chi connectivity index (χ1n) is 9.15. The van der Waals surface area contributed by atoms with Crippen molar-refractivity contribution in [2.75, 3.05) is 20.8 Å². The van der Waals surface area contributed by atoms with E-state index in [1.807, 2.05) is 41.5 Å². The number of hydrogen-bond acceptors (Lipinski definition) is 6. The van der Waals surface area contributed by atoms with Gasteiger partial charge in [-0.3, -0.25) is 4.79 Å². The van der Waals surface area contributed by atoms with Gasteiger partial charge in [-0.15, -0.1) is 11.3 Å². The molecule has 0 spiro atoms. The van der Waals surface area contributed by atoms with Crippen LogP contribution in [0, 0.1) is 6.92 Å². The van der Waals surface area contributed by atoms with Gasteiger partial charge >= 0.3 is 0 Å². The summed E-state index contributed by atoms with van der Waals surface area (Å²) in [5, 5.41) is 4.99. The minimum absolute atomic E-state index is 0.0244. The van der Waals surface area contributed by atoms with Crippen molar-refractivity contribution in [1.29, 1.82) is 0 Å². The molecule has 7 heteroatoms. The maximum atomic E-state index is 13.4. The molecule has 1 fully saturated rings. The van der Waals surface area contributed by atoms with Crippen LogP contribution >= 0.6 is 22.7 Å². The lowest BCUT2D eigenvalue weighted by molar-refractivity contribution is 0.0738. The first kappa shape index (κ1) is 19.0. The third-order valence-corrected chi connectivity index (χ3v) is 6.95. The van der Waals surface area contributed by atoms with Crippen molar-refractivity contribution >= 4 is 28.6 Å². The van der Waals surface area contributed by atoms with E-state index in [1.165, 1.54) is 11.3 Å². The minimum Gasteiger partial charge on any atom is -0.497 e. The highest BCUT2D eigenvalue weighted by Gasteiger charge is 2.34. The van der Waals surface area contributed by atoms with E-state index in [9.17, 15) is 4.79 Å². The second kappa shape index (κ2) is 7.93. The fraction of sp³-hybridized carbons (Fsp3) is 0.333. The Hall–Kier alpha value is -2.38. The van der Waals surface area contributed by atoms with Gasteiger partial charge in [0, 0.05) is 23.1 Å². The average Bonchev–Trinajstić information content (AvgIpc) is 3.46. The summed E-state index contributed by atoms with van der Waals surface area (Å²) < 4.78 is 11.0. The summed E-state index contributed by atoms with van der Waals surface area (Å²) in [6.45, 7) is 2.64. The summed E-state index contributed by atoms with van der Waals surface area (Å²) in [6.07, 6.45) is 1.87. The summed E-state index contributed by atoms with van der Waals surface area (Å²) in [5.41, 5.74) is 2.86. The molecule has 4 rings (SSSR count). The standard InChI is InChI=1S/C21H22N2O3S2/c1-13-19(28-20(22-13)14-8-10-27-12-14)21(24)23-9-4-5-17(23)16-11-15(25-2)6-7-18(16)26-3/h6-8,10-12,17H,4-5,9H2,1-3H3. The topological polar surface area (TPSA) is 51.7 Å². The molecule has 1 aromatic carbocycles. The van der Waals surface area contributed by atoms with E-state index in [0.717, 1.165) is 57.6 Å². The van der Waals surface area contributed by atoms with Crippen molar-refractivity contribution in [3.8, 4) is 22.1 Å². The zero-order chi connectivity index (χ0) is 19.7. The molecule has 0 aliphatic carbocycles. The molecule has 1 amide bonds. The second-order valence-corrected chi connectivity index (χ2v) is 8.49. The third kappa shape index (κ3) is 3.40. The molecule has 0 N–H and O–H groups in total. The molecule has 3 aromatic rings. The van der Waals surface area contributed by atoms with Gasteiger partial charge in [0.15, 0.2) is 0 Å². The van der Waals surface area contributed by atoms with Gasteiger partial charge < -0.3 is 14.4 Å². The number of amides is 1. The number of likely N-dealkylation sites (tertiary alicyclic amines) is 1. The minimum atomic E-state index is -0.0244. The summed E-state index contributed by atoms with van der Waals surface area (Å²) in [5.74, 6) is 1.60. The zero-order valence-electron chi connectivity index (χ0n) is 16.1. The fourth-order valence-electron chi connectivity index (χ4n) is 3.67. The van der Waals surface area contributed by atoms with Crippen LogP contribution in [0.25, 0.3) is 10.6 Å². The van der Waals surface area contributed by atoms with E-state index >= 15 is 0 Å². The van der Waals surface area contributed by atoms with E-state index in [2.05, 4.69) is 10.4 Å². The van der Waals surface area contributed by atoms with Gasteiger partial charge in [0.05, 0.1) is 26.0 Å². The Morgan fingerprint density at radius 2 is 2.11 bits per heavy atom. The van der Waals surface area contributed by atoms with Crippen LogP contribution in [0.5, 0.6) is 11.5 Å². The Morgan fingerprint density at radius 1 is 1.25 bits per heavy atom. The normalized spacial score (nSPS) is 16.4. The predicted octanol–water partition coefficient (Wildman–Crippen LogP) is 5.17. The van der Waals surface area contributed by atoms with Crippen molar-refractivity contribution in [2.24, 2.45) is 0 Å². The number of hydrogen-bond donors (Lipinski definition) is 0. The maximum absolute atomic E-state index is 13.4. The van der Waals surface area contributed by atoms with E-state index in [1.54, 1.807) is 25.6 Å². The molecule has 1 saturated heterocycles. The summed E-state index contributed by atoms with van der Waals surface area (Å²) >= 11 is 3.11. The van der Waals surface area contributed by atoms with Gasteiger partial charge in [0.25, 0.3) is 5.91 Å². The van der Waals surface area contributed by atoms with E-state index in [0.29, 0.717) is 0 Å². The maximum Gasteiger partial charge on any atom is 0.266 e. The highest BCUT2D eigenvalue weighted by Crippen LogP contribution is 2.40. The Balaban J connectivity index is 1.67. The summed E-state index contributed by atoms with van der Waals surface area (Å²) in [4.78, 5) is 20.7. The van der Waals surface area contributed by atoms with Crippen molar-refractivity contribution < 1.29 is 14.3 Å². The zero-order valence-corrected chi connectivity index (χ0v) is 17.7. The highest BCUT2D eigenvalue weighted by molar-refractivity contribution is 7.17. The molecule has 0 bridgehead atoms. The number of ether oxygens (including phenoxy) is 2. The molecule has 2 aromatic heterocycles. The van der Waals surface area contributed by atoms with E-state index < -0.39 is 0 Å². The number of rotatable bonds is 5. The monoisotopic (exact) mass is 414 g/mol. The molecule has 0 saturated carbocycles. The van der Waals surface area contributed by atoms with Crippen LogP contribution < -0.4 is 9.47 Å². The first-order chi connectivity index (χ1) is 13.6. The Labute approximate surface area is 172 Å². The van der Waals surface area contributed by atoms with Crippen LogP contribution in [0.2, 0.25) is 0 Å². The Morgan fingerprint density at radius 3 is 2.82 bits per heavy atom. The summed E-state index contributed by atoms with van der Waals surface area (Å²) in [7, 11) is 3.31. The van der Waals surface area contributed by atoms with Crippen LogP contribution in [-0.2, 0) is 0 Å². The SMILES string of the molecule is COc1ccc(OC)c(C2CCCN2C(=O)c2sc(-c3ccsc3)nc2C)c1. The molecular weight excluding hydrogens is 392 g/mol. The molecule has 146 valence electrons. The predicted molar refractivity (Wildman–Crippen MR) is 113 cm³/mol. The quantitative estimate of drug-likeness (QED) is 0.578. The van der Waals surface area contributed by atoms with Crippen LogP contribution in [0.15, 0.2) is 35.0 Å². The highest BCUT2D eigenvalue weighted by atomic mass is 32.1. The lowest BCUT2D eigenvalue weighted by Gasteiger charge is -2.26. The van der Waals surface area contributed by atoms with Crippen LogP contribution in [0.4, 0.5) is 0 Å². The lowest BCUT2D eigenvalue weighted by Crippen LogP contribution is -2.30. The Kier molecular flexibility index (Phi) is 5.37. The number of aryl methyl sites for hydroxylation is 1. The molecule has 0 radical (unpaired) electrons. The van der Waals surface area contributed by atoms with Crippen molar-refractivity contribution in [2.45, 2.75) is 25.8 Å². The van der Waals surface area contributed by atoms with Crippen LogP contribution in [0.3, 0.4) is 0 Å². The number of carbonyl (C=O) groups is 1. The Bertz CT molecular complexity index is 982. The molecule has 1 aliphatic heterocycles. The van der Waals surface area contributed by atoms with Crippen molar-refractivity contribution in [3.05, 3.63) is 51.2 Å². The van der Waals surface area contributed by atoms with Crippen LogP contribution in [0.1, 0.15) is 39.8 Å². The molecule has 1 unspecified atom stereocenters. The average molecular weight is 415 g/mol. The van der Waals surface area contributed by atoms with E-state index in [-0.39, 0.29) is 11.9 Å². The number of methoxy groups -OCH3 is 2. The van der Waals surface area contributed by atoms with Gasteiger partial charge in [-0.25, -0.2) is 4.98 Å². The molecule has 1 atom stereocenters. The van der Waals surface area contributed by atoms with Gasteiger partial charge in [0.2, 0.25) is 0 Å². The number of nitrogens with zero attached hydrogens (tertiary/aromatic N) is 2. The molecular formula is C21H22N2O3S2. The lowest BCUT2D eigenvalue weighted by atomic mass is 10.0. The van der Waals surface area contributed by atoms with Gasteiger partial charge in [-0.05, 0) is 49.4 Å². The van der Waals surface area contributed by atoms with Gasteiger partial charge in [-0.2, -0.15) is 11.3 Å².